The van der Waals surface area contributed by atoms with Gasteiger partial charge in [0.05, 0.1) is 111 Å². The summed E-state index contributed by atoms with van der Waals surface area (Å²) in [5.74, 6) is -7.60. The zero-order valence-corrected chi connectivity index (χ0v) is 77.9. The number of nitrogens with zero attached hydrogens (tertiary/aromatic N) is 3. The van der Waals surface area contributed by atoms with Crippen LogP contribution in [0, 0.1) is 49.9 Å². The fourth-order valence-corrected chi connectivity index (χ4v) is 14.1. The molecule has 0 radical (unpaired) electrons. The highest BCUT2D eigenvalue weighted by Gasteiger charge is 2.31. The van der Waals surface area contributed by atoms with Crippen molar-refractivity contribution in [1.82, 2.24) is 40.7 Å². The van der Waals surface area contributed by atoms with Gasteiger partial charge in [0.2, 0.25) is 16.7 Å². The number of nitrogens with one attached hydrogen (secondary N) is 8. The van der Waals surface area contributed by atoms with Crippen LogP contribution in [0.25, 0.3) is 32.7 Å². The summed E-state index contributed by atoms with van der Waals surface area (Å²) < 4.78 is 93.8. The fourth-order valence-electron chi connectivity index (χ4n) is 14.1. The molecule has 37 heteroatoms. The lowest BCUT2D eigenvalue weighted by atomic mass is 10.0. The van der Waals surface area contributed by atoms with Crippen LogP contribution in [0.15, 0.2) is 221 Å². The summed E-state index contributed by atoms with van der Waals surface area (Å²) in [6, 6.07) is 50.5. The highest BCUT2D eigenvalue weighted by Crippen LogP contribution is 2.38. The number of carbonyl (C=O) groups is 7. The van der Waals surface area contributed by atoms with E-state index in [4.69, 9.17) is 35.3 Å². The van der Waals surface area contributed by atoms with Gasteiger partial charge in [0.15, 0.2) is 0 Å². The molecule has 16 rings (SSSR count). The zero-order chi connectivity index (χ0) is 99.2. The van der Waals surface area contributed by atoms with E-state index >= 15 is 0 Å². The number of aliphatic hydroxyl groups excluding tert-OH is 2. The highest BCUT2D eigenvalue weighted by atomic mass is 127. The van der Waals surface area contributed by atoms with Crippen molar-refractivity contribution < 1.29 is 99.3 Å². The molecule has 722 valence electrons. The van der Waals surface area contributed by atoms with Gasteiger partial charge in [0.1, 0.15) is 35.4 Å². The third kappa shape index (κ3) is 31.4. The lowest BCUT2D eigenvalue weighted by Crippen LogP contribution is -2.26. The number of carboxylic acids is 1. The second kappa shape index (κ2) is 54.6. The van der Waals surface area contributed by atoms with Crippen molar-refractivity contribution in [1.29, 1.82) is 0 Å². The van der Waals surface area contributed by atoms with Crippen LogP contribution in [-0.2, 0) is 61.5 Å². The van der Waals surface area contributed by atoms with E-state index in [1.54, 1.807) is 68.0 Å². The summed E-state index contributed by atoms with van der Waals surface area (Å²) in [4.78, 5) is 127. The van der Waals surface area contributed by atoms with E-state index in [1.807, 2.05) is 80.3 Å². The largest absolute Gasteiger partial charge is 0.478 e. The summed E-state index contributed by atoms with van der Waals surface area (Å²) in [6.07, 6.45) is 8.64. The van der Waals surface area contributed by atoms with Crippen molar-refractivity contribution in [3.63, 3.8) is 0 Å². The van der Waals surface area contributed by atoms with Crippen LogP contribution < -0.4 is 43.3 Å². The molecule has 2 amide bonds. The number of carboxylic acid groups (broad SMARTS) is 1. The molecule has 0 saturated carbocycles. The Labute approximate surface area is 797 Å². The number of pyridine rings is 3. The van der Waals surface area contributed by atoms with Crippen LogP contribution in [-0.4, -0.2) is 153 Å². The number of halogens is 6. The van der Waals surface area contributed by atoms with Gasteiger partial charge in [-0.25, -0.2) is 41.1 Å². The Balaban J connectivity index is 0.000000221. The van der Waals surface area contributed by atoms with Gasteiger partial charge >= 0.3 is 23.9 Å². The monoisotopic (exact) mass is 2000 g/mol. The van der Waals surface area contributed by atoms with Crippen LogP contribution in [0.5, 0.6) is 0 Å². The third-order valence-corrected chi connectivity index (χ3v) is 20.6. The Morgan fingerprint density at radius 1 is 0.467 bits per heavy atom. The number of carbonyl (C=O) groups excluding carboxylic acids is 6. The van der Waals surface area contributed by atoms with Crippen molar-refractivity contribution in [2.24, 2.45) is 0 Å². The molecule has 0 bridgehead atoms. The van der Waals surface area contributed by atoms with E-state index < -0.39 is 58.9 Å². The minimum Gasteiger partial charge on any atom is -0.478 e. The van der Waals surface area contributed by atoms with E-state index in [-0.39, 0.29) is 89.3 Å². The predicted molar refractivity (Wildman–Crippen MR) is 520 cm³/mol. The number of benzene rings is 9. The number of aryl methyl sites for hydroxylation is 3. The first-order valence-electron chi connectivity index (χ1n) is 41.7. The van der Waals surface area contributed by atoms with E-state index in [1.165, 1.54) is 108 Å². The first kappa shape index (κ1) is 109. The van der Waals surface area contributed by atoms with Crippen molar-refractivity contribution in [3.05, 3.63) is 362 Å². The molecule has 2 aliphatic rings. The molecule has 0 aliphatic carbocycles. The number of aromatic nitrogens is 7. The molecule has 2 saturated heterocycles. The number of amides is 2. The minimum absolute atomic E-state index is 0. The summed E-state index contributed by atoms with van der Waals surface area (Å²) >= 11 is 2.15. The smallest absolute Gasteiger partial charge is 0.340 e. The maximum absolute atomic E-state index is 14.0. The van der Waals surface area contributed by atoms with Gasteiger partial charge in [-0.3, -0.25) is 39.0 Å². The molecule has 5 aromatic heterocycles. The van der Waals surface area contributed by atoms with Crippen molar-refractivity contribution in [3.8, 4) is 0 Å². The number of ether oxygens (including phenoxy) is 6. The van der Waals surface area contributed by atoms with Gasteiger partial charge in [-0.2, -0.15) is 10.2 Å². The summed E-state index contributed by atoms with van der Waals surface area (Å²) in [6.45, 7) is 8.14. The number of esters is 3. The van der Waals surface area contributed by atoms with Crippen LogP contribution in [0.1, 0.15) is 174 Å². The topological polar surface area (TPSA) is 457 Å². The predicted octanol–water partition coefficient (Wildman–Crippen LogP) is 16.9. The number of nitrogens with two attached hydrogens (primary N) is 1. The highest BCUT2D eigenvalue weighted by molar-refractivity contribution is 14.1. The Hall–Kier alpha value is -14.7. The quantitative estimate of drug-likeness (QED) is 0.00641. The Kier molecular flexibility index (Phi) is 43.5. The Bertz CT molecular complexity index is 6590. The SMILES string of the molecule is C.CI.COC(=O)c1cc(C=O)ccc1F.COC(=O)c1cc(CO)ccc1F.COC(=O)c1cc(CO)ccc1F.COCc1ccc(F)c(C(=O)Nc2ccc3[nH]c(=O)cc(C)c3c2)c1.COCc1ccc(F)c(C(=O)O)c1.COCc1ccc(N2CCCC2c2ccn[nH]2)c(C(=O)Nc2ccc3[nH]c(=O)cc(C)c3c2)c1.Cc1cc(=O)[nH]c2ccc(N)cc12.c1cc(C2CCCN2)[nH]n1. The standard InChI is InChI=1S/C26H27N5O3.C19H17FN2O3.C10H10N2O.3C9H9FO3.C9H7FO3.C7H11N3.CH3I.CH4/c1-16-12-25(32)29-21-7-6-18(14-19(16)21)28-26(33)20-13-17(15-34-2)5-8-23(20)31-11-3-4-24(31)22-9-10-27-30-22;1-11-7-18(23)22-17-6-4-13(9-14(11)17)21-19(24)15-8-12(10-25-2)3-5-16(15)20;1-6-4-10(13)12-9-3-2-7(11)5-8(6)9;1-13-5-6-2-3-8(10)7(4-6)9(11)12;3*1-13-9(12)7-4-6(5-11)2-3-8(7)10;1-2-6(8-4-1)7-3-5-9-10-7;1-2;/h5-10,12-14,24H,3-4,11,15H2,1-2H3,(H,27,30)(H,28,33)(H,29,32);3-9H,10H2,1-2H3,(H,21,24)(H,22,23);2-5H,11H2,1H3,(H,12,13);2-4H,5H2,1H3,(H,11,12);2*2-4,11H,5H2,1H3;2-5H,1H3;3,5-6,8H,1-2,4H2,(H,9,10);1H3;1H4. The van der Waals surface area contributed by atoms with Crippen LogP contribution in [0.2, 0.25) is 0 Å². The number of H-pyrrole nitrogens is 5. The number of aromatic amines is 5. The van der Waals surface area contributed by atoms with Crippen LogP contribution >= 0.6 is 22.6 Å². The molecule has 2 fully saturated rings. The van der Waals surface area contributed by atoms with Gasteiger partial charge in [-0.15, -0.1) is 0 Å². The molecule has 137 heavy (non-hydrogen) atoms. The van der Waals surface area contributed by atoms with Crippen molar-refractivity contribution in [2.45, 2.75) is 99.0 Å². The average molecular weight is 2000 g/mol. The first-order valence-corrected chi connectivity index (χ1v) is 43.8. The number of fused-ring (bicyclic) bond motifs is 3. The molecule has 2 atom stereocenters. The molecule has 31 nitrogen and oxygen atoms in total. The van der Waals surface area contributed by atoms with E-state index in [0.29, 0.717) is 75.9 Å². The number of aromatic carboxylic acids is 1. The third-order valence-electron chi connectivity index (χ3n) is 20.6. The van der Waals surface area contributed by atoms with Crippen molar-refractivity contribution >= 4 is 120 Å². The maximum atomic E-state index is 14.0. The van der Waals surface area contributed by atoms with Gasteiger partial charge < -0.3 is 85.3 Å². The van der Waals surface area contributed by atoms with Crippen LogP contribution in [0.4, 0.5) is 44.7 Å². The number of nitrogen functional groups attached to an aromatic ring is 1. The number of alkyl halides is 1. The van der Waals surface area contributed by atoms with E-state index in [2.05, 4.69) is 93.0 Å². The Morgan fingerprint density at radius 3 is 1.27 bits per heavy atom. The van der Waals surface area contributed by atoms with Crippen LogP contribution in [0.3, 0.4) is 0 Å². The lowest BCUT2D eigenvalue weighted by molar-refractivity contribution is 0.0586. The van der Waals surface area contributed by atoms with Gasteiger partial charge in [0, 0.05) is 120 Å². The first-order chi connectivity index (χ1) is 65.3. The number of rotatable bonds is 20. The summed E-state index contributed by atoms with van der Waals surface area (Å²) in [5, 5.41) is 52.0. The van der Waals surface area contributed by atoms with Gasteiger partial charge in [-0.05, 0) is 248 Å². The maximum Gasteiger partial charge on any atom is 0.340 e. The number of methoxy groups -OCH3 is 6. The normalized spacial score (nSPS) is 12.5. The number of anilines is 4. The molecular weight excluding hydrogens is 1900 g/mol. The van der Waals surface area contributed by atoms with E-state index in [9.17, 15) is 69.9 Å². The second-order valence-corrected chi connectivity index (χ2v) is 30.1. The Morgan fingerprint density at radius 2 is 0.854 bits per heavy atom. The number of aliphatic hydroxyl groups is 2. The minimum atomic E-state index is -1.27. The molecule has 14 aromatic rings. The van der Waals surface area contributed by atoms with Gasteiger partial charge in [0.25, 0.3) is 11.8 Å². The zero-order valence-electron chi connectivity index (χ0n) is 75.7. The molecule has 9 aromatic carbocycles. The summed E-state index contributed by atoms with van der Waals surface area (Å²) in [7, 11) is 8.16. The number of aldehydes is 1. The van der Waals surface area contributed by atoms with E-state index in [0.717, 1.165) is 124 Å². The number of hydrogen-bond donors (Lipinski definition) is 12. The second-order valence-electron chi connectivity index (χ2n) is 30.1. The molecular formula is C100H106F5IN12O19. The summed E-state index contributed by atoms with van der Waals surface area (Å²) in [5.41, 5.74) is 18.3. The molecule has 2 unspecified atom stereocenters. The average Bonchev–Trinajstić information content (AvgIpc) is 1.70. The van der Waals surface area contributed by atoms with Crippen molar-refractivity contribution in [2.75, 3.05) is 81.9 Å². The van der Waals surface area contributed by atoms with Gasteiger partial charge in [-0.1, -0.05) is 60.3 Å². The molecule has 7 heterocycles. The molecule has 13 N–H and O–H groups in total. The molecule has 0 spiro atoms. The number of hydrogen-bond acceptors (Lipinski definition) is 23. The fraction of sp³-hybridized carbons (Fsp3) is 0.240. The molecule has 2 aliphatic heterocycles. The lowest BCUT2D eigenvalue weighted by Gasteiger charge is -2.28.